The molecular weight excluding hydrogens is 282 g/mol. The summed E-state index contributed by atoms with van der Waals surface area (Å²) in [6.07, 6.45) is 3.13. The fraction of sp³-hybridized carbons (Fsp3) is 0.417. The van der Waals surface area contributed by atoms with E-state index in [2.05, 4.69) is 0 Å². The van der Waals surface area contributed by atoms with Crippen molar-refractivity contribution in [1.82, 2.24) is 0 Å². The third-order valence-electron chi connectivity index (χ3n) is 2.70. The third kappa shape index (κ3) is 4.43. The van der Waals surface area contributed by atoms with Crippen molar-refractivity contribution in [2.24, 2.45) is 5.73 Å². The van der Waals surface area contributed by atoms with Crippen molar-refractivity contribution < 1.29 is 8.42 Å². The lowest BCUT2D eigenvalue weighted by Crippen LogP contribution is -2.27. The van der Waals surface area contributed by atoms with Crippen LogP contribution in [0.25, 0.3) is 0 Å². The van der Waals surface area contributed by atoms with Gasteiger partial charge < -0.3 is 10.6 Å². The molecule has 106 valence electrons. The van der Waals surface area contributed by atoms with Gasteiger partial charge in [0.25, 0.3) is 0 Å². The second-order valence-corrected chi connectivity index (χ2v) is 7.43. The summed E-state index contributed by atoms with van der Waals surface area (Å²) in [5.41, 5.74) is 7.07. The van der Waals surface area contributed by atoms with Gasteiger partial charge in [-0.1, -0.05) is 6.07 Å². The number of thioether (sulfide) groups is 1. The van der Waals surface area contributed by atoms with E-state index in [1.54, 1.807) is 7.05 Å². The molecule has 1 aromatic carbocycles. The summed E-state index contributed by atoms with van der Waals surface area (Å²) in [5, 5.41) is 7.69. The van der Waals surface area contributed by atoms with Gasteiger partial charge >= 0.3 is 0 Å². The largest absolute Gasteiger partial charge is 0.384 e. The van der Waals surface area contributed by atoms with Crippen LogP contribution in [0, 0.1) is 5.41 Å². The van der Waals surface area contributed by atoms with E-state index in [0.717, 1.165) is 10.6 Å². The molecule has 19 heavy (non-hydrogen) atoms. The first-order valence-electron chi connectivity index (χ1n) is 5.66. The van der Waals surface area contributed by atoms with Gasteiger partial charge in [-0.25, -0.2) is 8.42 Å². The molecule has 0 unspecified atom stereocenters. The van der Waals surface area contributed by atoms with Crippen molar-refractivity contribution in [2.75, 3.05) is 36.8 Å². The predicted octanol–water partition coefficient (Wildman–Crippen LogP) is 1.17. The van der Waals surface area contributed by atoms with Crippen LogP contribution in [0.3, 0.4) is 0 Å². The van der Waals surface area contributed by atoms with Crippen molar-refractivity contribution in [3.8, 4) is 0 Å². The third-order valence-corrected chi connectivity index (χ3v) is 4.41. The molecule has 0 bridgehead atoms. The molecule has 0 atom stereocenters. The summed E-state index contributed by atoms with van der Waals surface area (Å²) < 4.78 is 22.4. The first-order chi connectivity index (χ1) is 8.76. The fourth-order valence-corrected chi connectivity index (χ4v) is 2.94. The van der Waals surface area contributed by atoms with E-state index >= 15 is 0 Å². The molecule has 0 saturated heterocycles. The number of hydrogen-bond donors (Lipinski definition) is 2. The van der Waals surface area contributed by atoms with Crippen molar-refractivity contribution >= 4 is 33.1 Å². The van der Waals surface area contributed by atoms with Crippen LogP contribution < -0.4 is 10.6 Å². The Kier molecular flexibility index (Phi) is 5.25. The van der Waals surface area contributed by atoms with Crippen LogP contribution in [-0.4, -0.2) is 46.1 Å². The Bertz CT molecular complexity index is 570. The zero-order valence-corrected chi connectivity index (χ0v) is 12.9. The van der Waals surface area contributed by atoms with Crippen molar-refractivity contribution in [1.29, 1.82) is 5.41 Å². The van der Waals surface area contributed by atoms with Crippen molar-refractivity contribution in [3.63, 3.8) is 0 Å². The first kappa shape index (κ1) is 15.8. The number of amidine groups is 1. The maximum atomic E-state index is 11.2. The highest BCUT2D eigenvalue weighted by Gasteiger charge is 2.15. The minimum absolute atomic E-state index is 0.00819. The smallest absolute Gasteiger partial charge is 0.149 e. The van der Waals surface area contributed by atoms with Gasteiger partial charge in [-0.2, -0.15) is 0 Å². The Labute approximate surface area is 118 Å². The van der Waals surface area contributed by atoms with E-state index in [1.165, 1.54) is 18.0 Å². The molecule has 5 nitrogen and oxygen atoms in total. The monoisotopic (exact) mass is 301 g/mol. The number of rotatable bonds is 6. The van der Waals surface area contributed by atoms with E-state index in [4.69, 9.17) is 11.1 Å². The molecule has 0 spiro atoms. The molecule has 0 aromatic heterocycles. The zero-order valence-electron chi connectivity index (χ0n) is 11.3. The van der Waals surface area contributed by atoms with Crippen LogP contribution in [-0.2, 0) is 9.84 Å². The van der Waals surface area contributed by atoms with Gasteiger partial charge in [0.2, 0.25) is 0 Å². The van der Waals surface area contributed by atoms with E-state index in [1.807, 2.05) is 29.4 Å². The summed E-state index contributed by atoms with van der Waals surface area (Å²) in [4.78, 5) is 2.73. The number of benzene rings is 1. The van der Waals surface area contributed by atoms with Gasteiger partial charge in [-0.15, -0.1) is 11.8 Å². The fourth-order valence-electron chi connectivity index (χ4n) is 1.70. The Morgan fingerprint density at radius 3 is 2.58 bits per heavy atom. The Morgan fingerprint density at radius 1 is 1.47 bits per heavy atom. The quantitative estimate of drug-likeness (QED) is 0.468. The van der Waals surface area contributed by atoms with E-state index in [0.29, 0.717) is 12.1 Å². The molecule has 0 radical (unpaired) electrons. The summed E-state index contributed by atoms with van der Waals surface area (Å²) in [6.45, 7) is 0.372. The lowest BCUT2D eigenvalue weighted by Gasteiger charge is -2.23. The Hall–Kier alpha value is -1.21. The number of hydrogen-bond acceptors (Lipinski definition) is 5. The minimum atomic E-state index is -3.01. The molecule has 0 amide bonds. The van der Waals surface area contributed by atoms with Crippen LogP contribution in [0.15, 0.2) is 23.1 Å². The molecule has 1 aromatic rings. The molecule has 7 heteroatoms. The molecule has 1 rings (SSSR count). The molecule has 3 N–H and O–H groups in total. The van der Waals surface area contributed by atoms with Gasteiger partial charge in [0.05, 0.1) is 11.3 Å². The van der Waals surface area contributed by atoms with Gasteiger partial charge in [0.15, 0.2) is 0 Å². The average Bonchev–Trinajstić information content (AvgIpc) is 2.33. The molecule has 0 heterocycles. The van der Waals surface area contributed by atoms with Crippen molar-refractivity contribution in [3.05, 3.63) is 23.8 Å². The summed E-state index contributed by atoms with van der Waals surface area (Å²) in [6, 6.07) is 5.62. The molecule has 0 aliphatic carbocycles. The SMILES string of the molecule is CSc1cccc(N(C)CCS(C)(=O)=O)c1C(=N)N. The number of nitrogen functional groups attached to an aromatic ring is 1. The predicted molar refractivity (Wildman–Crippen MR) is 82.2 cm³/mol. The second-order valence-electron chi connectivity index (χ2n) is 4.32. The number of sulfone groups is 1. The van der Waals surface area contributed by atoms with Crippen LogP contribution in [0.2, 0.25) is 0 Å². The lowest BCUT2D eigenvalue weighted by atomic mass is 10.1. The van der Waals surface area contributed by atoms with Gasteiger partial charge in [-0.05, 0) is 18.4 Å². The number of nitrogens with zero attached hydrogens (tertiary/aromatic N) is 1. The number of anilines is 1. The lowest BCUT2D eigenvalue weighted by molar-refractivity contribution is 0.601. The van der Waals surface area contributed by atoms with Crippen molar-refractivity contribution in [2.45, 2.75) is 4.90 Å². The highest BCUT2D eigenvalue weighted by molar-refractivity contribution is 7.98. The average molecular weight is 301 g/mol. The number of nitrogens with one attached hydrogen (secondary N) is 1. The first-order valence-corrected chi connectivity index (χ1v) is 8.95. The second kappa shape index (κ2) is 6.29. The van der Waals surface area contributed by atoms with Crippen LogP contribution in [0.1, 0.15) is 5.56 Å². The Balaban J connectivity index is 3.09. The van der Waals surface area contributed by atoms with Gasteiger partial charge in [0, 0.05) is 30.4 Å². The van der Waals surface area contributed by atoms with Crippen LogP contribution in [0.5, 0.6) is 0 Å². The zero-order chi connectivity index (χ0) is 14.6. The summed E-state index contributed by atoms with van der Waals surface area (Å²) in [7, 11) is -1.21. The molecule has 0 aliphatic rings. The van der Waals surface area contributed by atoms with E-state index in [9.17, 15) is 8.42 Å². The molecule has 0 aliphatic heterocycles. The highest BCUT2D eigenvalue weighted by atomic mass is 32.2. The van der Waals surface area contributed by atoms with E-state index in [-0.39, 0.29) is 11.6 Å². The molecule has 0 saturated carbocycles. The highest BCUT2D eigenvalue weighted by Crippen LogP contribution is 2.28. The summed E-state index contributed by atoms with van der Waals surface area (Å²) >= 11 is 1.51. The Morgan fingerprint density at radius 2 is 2.11 bits per heavy atom. The minimum Gasteiger partial charge on any atom is -0.384 e. The topological polar surface area (TPSA) is 87.2 Å². The maximum Gasteiger partial charge on any atom is 0.149 e. The van der Waals surface area contributed by atoms with Gasteiger partial charge in [-0.3, -0.25) is 5.41 Å². The molecular formula is C12H19N3O2S2. The van der Waals surface area contributed by atoms with Crippen LogP contribution in [0.4, 0.5) is 5.69 Å². The number of nitrogens with two attached hydrogens (primary N) is 1. The normalized spacial score (nSPS) is 11.3. The maximum absolute atomic E-state index is 11.2. The van der Waals surface area contributed by atoms with Crippen LogP contribution >= 0.6 is 11.8 Å². The molecule has 0 fully saturated rings. The van der Waals surface area contributed by atoms with E-state index < -0.39 is 9.84 Å². The van der Waals surface area contributed by atoms with Gasteiger partial charge in [0.1, 0.15) is 15.7 Å². The summed E-state index contributed by atoms with van der Waals surface area (Å²) in [5.74, 6) is 0.0656. The standard InChI is InChI=1S/C12H19N3O2S2/c1-15(7-8-19(3,16)17)9-5-4-6-10(18-2)11(9)12(13)14/h4-6H,7-8H2,1-3H3,(H3,13,14).